The van der Waals surface area contributed by atoms with E-state index in [4.69, 9.17) is 11.6 Å². The number of unbranched alkanes of at least 4 members (excludes halogenated alkanes) is 1. The normalized spacial score (nSPS) is 15.0. The van der Waals surface area contributed by atoms with Crippen LogP contribution < -0.4 is 0 Å². The number of halogens is 2. The number of carboxylic acids is 1. The molecule has 2 amide bonds. The van der Waals surface area contributed by atoms with Crippen LogP contribution in [0.5, 0.6) is 0 Å². The Labute approximate surface area is 217 Å². The zero-order valence-electron chi connectivity index (χ0n) is 19.7. The highest BCUT2D eigenvalue weighted by Crippen LogP contribution is 2.29. The van der Waals surface area contributed by atoms with Crippen molar-refractivity contribution < 1.29 is 29.1 Å². The van der Waals surface area contributed by atoms with Crippen molar-refractivity contribution in [3.05, 3.63) is 94.5 Å². The fourth-order valence-corrected chi connectivity index (χ4v) is 4.47. The lowest BCUT2D eigenvalue weighted by molar-refractivity contribution is -0.151. The van der Waals surface area contributed by atoms with Gasteiger partial charge in [0.05, 0.1) is 16.8 Å². The molecule has 37 heavy (non-hydrogen) atoms. The molecule has 1 aliphatic rings. The van der Waals surface area contributed by atoms with E-state index in [-0.39, 0.29) is 31.5 Å². The minimum Gasteiger partial charge on any atom is -0.479 e. The van der Waals surface area contributed by atoms with Gasteiger partial charge in [-0.1, -0.05) is 65.3 Å². The Balaban J connectivity index is 1.38. The van der Waals surface area contributed by atoms with Crippen LogP contribution in [0.3, 0.4) is 0 Å². The molecule has 2 N–H and O–H groups in total. The number of aliphatic carboxylic acids is 1. The molecule has 1 atom stereocenters. The molecule has 0 fully saturated rings. The average Bonchev–Trinajstić information content (AvgIpc) is 3.15. The highest BCUT2D eigenvalue weighted by molar-refractivity contribution is 6.30. The molecule has 0 saturated heterocycles. The summed E-state index contributed by atoms with van der Waals surface area (Å²) in [4.78, 5) is 37.9. The van der Waals surface area contributed by atoms with Gasteiger partial charge in [0.15, 0.2) is 0 Å². The van der Waals surface area contributed by atoms with Gasteiger partial charge in [0.25, 0.3) is 11.8 Å². The van der Waals surface area contributed by atoms with Crippen LogP contribution in [0.2, 0.25) is 5.02 Å². The van der Waals surface area contributed by atoms with Crippen molar-refractivity contribution in [2.24, 2.45) is 5.16 Å². The van der Waals surface area contributed by atoms with Crippen molar-refractivity contribution in [3.63, 3.8) is 0 Å². The molecule has 4 rings (SSSR count). The third-order valence-electron chi connectivity index (χ3n) is 6.43. The predicted octanol–water partition coefficient (Wildman–Crippen LogP) is 5.83. The van der Waals surface area contributed by atoms with E-state index in [0.717, 1.165) is 16.0 Å². The van der Waals surface area contributed by atoms with Crippen molar-refractivity contribution in [1.29, 1.82) is 0 Å². The minimum atomic E-state index is -2.70. The van der Waals surface area contributed by atoms with Gasteiger partial charge in [0.1, 0.15) is 0 Å². The number of nitrogens with zero attached hydrogens (tertiary/aromatic N) is 2. The second-order valence-corrected chi connectivity index (χ2v) is 9.28. The Kier molecular flexibility index (Phi) is 7.69. The van der Waals surface area contributed by atoms with E-state index < -0.39 is 29.9 Å². The summed E-state index contributed by atoms with van der Waals surface area (Å²) in [5.74, 6) is -2.50. The van der Waals surface area contributed by atoms with Crippen molar-refractivity contribution in [2.45, 2.75) is 31.4 Å². The predicted molar refractivity (Wildman–Crippen MR) is 137 cm³/mol. The van der Waals surface area contributed by atoms with Crippen LogP contribution in [0.1, 0.15) is 52.0 Å². The second-order valence-electron chi connectivity index (χ2n) is 8.84. The van der Waals surface area contributed by atoms with Crippen LogP contribution in [0.4, 0.5) is 4.39 Å². The molecule has 7 nitrogen and oxygen atoms in total. The number of hydrogen-bond donors (Lipinski definition) is 2. The molecule has 190 valence electrons. The summed E-state index contributed by atoms with van der Waals surface area (Å²) in [5, 5.41) is 22.9. The zero-order valence-corrected chi connectivity index (χ0v) is 20.5. The maximum Gasteiger partial charge on any atom is 0.341 e. The van der Waals surface area contributed by atoms with E-state index in [1.165, 1.54) is 0 Å². The first-order valence-electron chi connectivity index (χ1n) is 11.7. The number of carbonyl (C=O) groups is 3. The topological polar surface area (TPSA) is 107 Å². The second kappa shape index (κ2) is 10.9. The van der Waals surface area contributed by atoms with Crippen molar-refractivity contribution >= 4 is 35.1 Å². The minimum absolute atomic E-state index is 0.0507. The number of hydrogen-bond acceptors (Lipinski definition) is 5. The first-order valence-corrected chi connectivity index (χ1v) is 12.1. The van der Waals surface area contributed by atoms with Crippen molar-refractivity contribution in [3.8, 4) is 11.1 Å². The molecule has 3 aromatic carbocycles. The van der Waals surface area contributed by atoms with E-state index in [1.807, 2.05) is 12.1 Å². The summed E-state index contributed by atoms with van der Waals surface area (Å²) in [5.41, 5.74) is -0.00861. The maximum absolute atomic E-state index is 15.5. The smallest absolute Gasteiger partial charge is 0.341 e. The van der Waals surface area contributed by atoms with Gasteiger partial charge in [-0.2, -0.15) is 0 Å². The van der Waals surface area contributed by atoms with E-state index in [9.17, 15) is 24.7 Å². The van der Waals surface area contributed by atoms with Crippen LogP contribution in [-0.2, 0) is 4.79 Å². The summed E-state index contributed by atoms with van der Waals surface area (Å²) < 4.78 is 15.5. The van der Waals surface area contributed by atoms with Crippen LogP contribution in [0, 0.1) is 0 Å². The molecule has 0 bridgehead atoms. The summed E-state index contributed by atoms with van der Waals surface area (Å²) in [7, 11) is 0. The Bertz CT molecular complexity index is 1320. The number of amides is 2. The van der Waals surface area contributed by atoms with Crippen LogP contribution in [-0.4, -0.2) is 50.9 Å². The van der Waals surface area contributed by atoms with E-state index in [1.54, 1.807) is 60.7 Å². The molecule has 9 heteroatoms. The molecule has 1 aliphatic heterocycles. The van der Waals surface area contributed by atoms with Gasteiger partial charge in [0.2, 0.25) is 5.67 Å². The van der Waals surface area contributed by atoms with Crippen LogP contribution in [0.15, 0.2) is 78.0 Å². The summed E-state index contributed by atoms with van der Waals surface area (Å²) in [6.07, 6.45) is -0.699. The zero-order chi connectivity index (χ0) is 26.6. The third kappa shape index (κ3) is 5.54. The highest BCUT2D eigenvalue weighted by atomic mass is 35.5. The molecule has 3 aromatic rings. The van der Waals surface area contributed by atoms with Gasteiger partial charge in [-0.25, -0.2) is 9.18 Å². The van der Waals surface area contributed by atoms with Crippen LogP contribution in [0.25, 0.3) is 11.1 Å². The molecule has 1 unspecified atom stereocenters. The van der Waals surface area contributed by atoms with E-state index in [0.29, 0.717) is 21.7 Å². The first kappa shape index (κ1) is 26.0. The van der Waals surface area contributed by atoms with E-state index in [2.05, 4.69) is 5.16 Å². The molecule has 0 spiro atoms. The quantitative estimate of drug-likeness (QED) is 0.114. The summed E-state index contributed by atoms with van der Waals surface area (Å²) >= 11 is 5.92. The largest absolute Gasteiger partial charge is 0.479 e. The Morgan fingerprint density at radius 3 is 1.95 bits per heavy atom. The number of benzene rings is 3. The van der Waals surface area contributed by atoms with Gasteiger partial charge in [-0.15, -0.1) is 0 Å². The van der Waals surface area contributed by atoms with Crippen LogP contribution >= 0.6 is 11.6 Å². The molecule has 0 saturated carbocycles. The first-order chi connectivity index (χ1) is 17.7. The van der Waals surface area contributed by atoms with Gasteiger partial charge in [0, 0.05) is 18.0 Å². The molecule has 1 heterocycles. The van der Waals surface area contributed by atoms with E-state index >= 15 is 4.39 Å². The SMILES string of the molecule is O=C1c2ccccc2C(=O)N1CCCCC(F)(CC(=NO)c1ccc(-c2ccc(Cl)cc2)cc1)C(=O)O. The molecule has 0 radical (unpaired) electrons. The average molecular weight is 523 g/mol. The number of rotatable bonds is 10. The van der Waals surface area contributed by atoms with Gasteiger partial charge in [-0.05, 0) is 60.2 Å². The number of oxime groups is 1. The number of carbonyl (C=O) groups excluding carboxylic acids is 2. The monoisotopic (exact) mass is 522 g/mol. The van der Waals surface area contributed by atoms with Gasteiger partial charge in [-0.3, -0.25) is 14.5 Å². The Morgan fingerprint density at radius 1 is 0.892 bits per heavy atom. The lowest BCUT2D eigenvalue weighted by Crippen LogP contribution is -2.37. The fraction of sp³-hybridized carbons (Fsp3) is 0.214. The lowest BCUT2D eigenvalue weighted by atomic mass is 9.89. The number of imide groups is 1. The maximum atomic E-state index is 15.5. The molecule has 0 aliphatic carbocycles. The fourth-order valence-electron chi connectivity index (χ4n) is 4.35. The Hall–Kier alpha value is -4.04. The lowest BCUT2D eigenvalue weighted by Gasteiger charge is -2.22. The molecule has 0 aromatic heterocycles. The summed E-state index contributed by atoms with van der Waals surface area (Å²) in [6, 6.07) is 20.5. The number of fused-ring (bicyclic) bond motifs is 1. The standard InChI is InChI=1S/C28H24ClFN2O5/c29-21-13-11-19(12-14-21)18-7-9-20(10-8-18)24(31-37)17-28(30,27(35)36)15-3-4-16-32-25(33)22-5-1-2-6-23(22)26(32)34/h1-2,5-14,37H,3-4,15-17H2,(H,35,36). The molecular formula is C28H24ClFN2O5. The van der Waals surface area contributed by atoms with Crippen molar-refractivity contribution in [2.75, 3.05) is 6.54 Å². The number of alkyl halides is 1. The van der Waals surface area contributed by atoms with Gasteiger partial charge < -0.3 is 10.3 Å². The third-order valence-corrected chi connectivity index (χ3v) is 6.68. The van der Waals surface area contributed by atoms with Crippen molar-refractivity contribution in [1.82, 2.24) is 4.90 Å². The molecular weight excluding hydrogens is 499 g/mol. The highest BCUT2D eigenvalue weighted by Gasteiger charge is 2.40. The number of carboxylic acid groups (broad SMARTS) is 1. The Morgan fingerprint density at radius 2 is 1.43 bits per heavy atom. The van der Waals surface area contributed by atoms with Gasteiger partial charge >= 0.3 is 5.97 Å². The summed E-state index contributed by atoms with van der Waals surface area (Å²) in [6.45, 7) is 0.0507.